The number of carbonyl (C=O) groups is 1. The Labute approximate surface area is 146 Å². The second kappa shape index (κ2) is 6.47. The molecule has 0 spiro atoms. The summed E-state index contributed by atoms with van der Waals surface area (Å²) < 4.78 is 2.09. The number of halogens is 1. The number of carbonyl (C=O) groups excluding carboxylic acids is 1. The van der Waals surface area contributed by atoms with E-state index < -0.39 is 0 Å². The summed E-state index contributed by atoms with van der Waals surface area (Å²) in [6.07, 6.45) is 1.50. The van der Waals surface area contributed by atoms with E-state index in [0.29, 0.717) is 31.4 Å². The van der Waals surface area contributed by atoms with Crippen molar-refractivity contribution in [3.63, 3.8) is 0 Å². The van der Waals surface area contributed by atoms with Gasteiger partial charge in [-0.15, -0.1) is 10.2 Å². The highest BCUT2D eigenvalue weighted by atomic mass is 35.5. The lowest BCUT2D eigenvalue weighted by Crippen LogP contribution is -2.39. The van der Waals surface area contributed by atoms with Crippen LogP contribution in [-0.2, 0) is 13.1 Å². The van der Waals surface area contributed by atoms with Crippen LogP contribution in [0.1, 0.15) is 67.5 Å². The predicted octanol–water partition coefficient (Wildman–Crippen LogP) is 2.62. The maximum atomic E-state index is 12.8. The molecular weight excluding hydrogens is 328 g/mol. The summed E-state index contributed by atoms with van der Waals surface area (Å²) in [7, 11) is 0. The monoisotopic (exact) mass is 348 g/mol. The molecule has 1 aliphatic rings. The van der Waals surface area contributed by atoms with E-state index in [-0.39, 0.29) is 22.5 Å². The molecule has 1 aliphatic heterocycles. The Morgan fingerprint density at radius 1 is 1.17 bits per heavy atom. The minimum atomic E-state index is -0.190. The third kappa shape index (κ3) is 3.00. The summed E-state index contributed by atoms with van der Waals surface area (Å²) in [4.78, 5) is 23.1. The number of rotatable bonds is 3. The molecule has 0 saturated heterocycles. The summed E-state index contributed by atoms with van der Waals surface area (Å²) in [5, 5.41) is 8.74. The molecule has 3 rings (SSSR count). The molecule has 128 valence electrons. The molecular formula is C16H21ClN6O. The van der Waals surface area contributed by atoms with Gasteiger partial charge in [0.1, 0.15) is 11.6 Å². The Balaban J connectivity index is 1.85. The van der Waals surface area contributed by atoms with Gasteiger partial charge < -0.3 is 9.47 Å². The molecule has 8 heteroatoms. The van der Waals surface area contributed by atoms with Crippen molar-refractivity contribution >= 4 is 17.5 Å². The molecule has 0 unspecified atom stereocenters. The molecule has 0 atom stereocenters. The lowest BCUT2D eigenvalue weighted by molar-refractivity contribution is 0.0700. The van der Waals surface area contributed by atoms with Crippen LogP contribution in [0.15, 0.2) is 6.20 Å². The van der Waals surface area contributed by atoms with E-state index in [1.807, 2.05) is 13.8 Å². The van der Waals surface area contributed by atoms with E-state index in [9.17, 15) is 4.79 Å². The van der Waals surface area contributed by atoms with Gasteiger partial charge in [-0.1, -0.05) is 39.3 Å². The summed E-state index contributed by atoms with van der Waals surface area (Å²) >= 11 is 6.16. The van der Waals surface area contributed by atoms with Crippen LogP contribution in [0.3, 0.4) is 0 Å². The van der Waals surface area contributed by atoms with Gasteiger partial charge >= 0.3 is 0 Å². The number of nitrogens with zero attached hydrogens (tertiary/aromatic N) is 6. The van der Waals surface area contributed by atoms with E-state index in [0.717, 1.165) is 11.6 Å². The van der Waals surface area contributed by atoms with Gasteiger partial charge in [-0.2, -0.15) is 0 Å². The normalized spacial score (nSPS) is 14.4. The molecule has 24 heavy (non-hydrogen) atoms. The first-order valence-electron chi connectivity index (χ1n) is 8.12. The zero-order chi connectivity index (χ0) is 17.4. The number of amides is 1. The first-order valence-corrected chi connectivity index (χ1v) is 8.50. The van der Waals surface area contributed by atoms with Crippen molar-refractivity contribution in [1.82, 2.24) is 29.6 Å². The highest BCUT2D eigenvalue weighted by Crippen LogP contribution is 2.22. The van der Waals surface area contributed by atoms with Crippen LogP contribution < -0.4 is 0 Å². The zero-order valence-corrected chi connectivity index (χ0v) is 15.1. The quantitative estimate of drug-likeness (QED) is 0.852. The molecule has 0 aromatic carbocycles. The van der Waals surface area contributed by atoms with Crippen molar-refractivity contribution in [2.24, 2.45) is 0 Å². The number of aromatic nitrogens is 5. The highest BCUT2D eigenvalue weighted by molar-refractivity contribution is 6.33. The number of fused-ring (bicyclic) bond motifs is 1. The molecule has 2 aromatic rings. The van der Waals surface area contributed by atoms with Crippen LogP contribution in [0.5, 0.6) is 0 Å². The molecule has 3 heterocycles. The maximum Gasteiger partial charge on any atom is 0.274 e. The van der Waals surface area contributed by atoms with Crippen LogP contribution in [0.4, 0.5) is 0 Å². The SMILES string of the molecule is CC(C)c1ncc(Cl)c(C(=O)N2CCn3c(nnc3C(C)C)C2)n1. The van der Waals surface area contributed by atoms with Crippen molar-refractivity contribution in [3.05, 3.63) is 34.4 Å². The van der Waals surface area contributed by atoms with Gasteiger partial charge in [0.25, 0.3) is 5.91 Å². The van der Waals surface area contributed by atoms with Gasteiger partial charge in [-0.05, 0) is 0 Å². The third-order valence-corrected chi connectivity index (χ3v) is 4.34. The van der Waals surface area contributed by atoms with Crippen molar-refractivity contribution in [3.8, 4) is 0 Å². The fourth-order valence-corrected chi connectivity index (χ4v) is 2.91. The van der Waals surface area contributed by atoms with E-state index in [1.54, 1.807) is 4.90 Å². The fraction of sp³-hybridized carbons (Fsp3) is 0.562. The minimum Gasteiger partial charge on any atom is -0.328 e. The van der Waals surface area contributed by atoms with Crippen molar-refractivity contribution < 1.29 is 4.79 Å². The molecule has 0 saturated carbocycles. The van der Waals surface area contributed by atoms with E-state index >= 15 is 0 Å². The largest absolute Gasteiger partial charge is 0.328 e. The van der Waals surface area contributed by atoms with Gasteiger partial charge in [0.05, 0.1) is 17.8 Å². The molecule has 7 nitrogen and oxygen atoms in total. The average molecular weight is 349 g/mol. The Hall–Kier alpha value is -2.02. The smallest absolute Gasteiger partial charge is 0.274 e. The Bertz CT molecular complexity index is 770. The van der Waals surface area contributed by atoms with E-state index in [1.165, 1.54) is 6.20 Å². The highest BCUT2D eigenvalue weighted by Gasteiger charge is 2.28. The fourth-order valence-electron chi connectivity index (χ4n) is 2.74. The van der Waals surface area contributed by atoms with Crippen LogP contribution in [0, 0.1) is 0 Å². The van der Waals surface area contributed by atoms with Crippen LogP contribution in [-0.4, -0.2) is 42.1 Å². The summed E-state index contributed by atoms with van der Waals surface area (Å²) in [5.74, 6) is 2.62. The topological polar surface area (TPSA) is 76.8 Å². The molecule has 2 aromatic heterocycles. The lowest BCUT2D eigenvalue weighted by atomic mass is 10.2. The number of hydrogen-bond donors (Lipinski definition) is 0. The van der Waals surface area contributed by atoms with Crippen molar-refractivity contribution in [2.75, 3.05) is 6.54 Å². The van der Waals surface area contributed by atoms with Crippen molar-refractivity contribution in [1.29, 1.82) is 0 Å². The second-order valence-corrected chi connectivity index (χ2v) is 6.99. The first kappa shape index (κ1) is 16.8. The van der Waals surface area contributed by atoms with Crippen molar-refractivity contribution in [2.45, 2.75) is 52.6 Å². The summed E-state index contributed by atoms with van der Waals surface area (Å²) in [5.41, 5.74) is 0.257. The van der Waals surface area contributed by atoms with Gasteiger partial charge in [-0.3, -0.25) is 4.79 Å². The maximum absolute atomic E-state index is 12.8. The van der Waals surface area contributed by atoms with Gasteiger partial charge in [0.2, 0.25) is 0 Å². The summed E-state index contributed by atoms with van der Waals surface area (Å²) in [6.45, 7) is 9.81. The van der Waals surface area contributed by atoms with E-state index in [4.69, 9.17) is 11.6 Å². The minimum absolute atomic E-state index is 0.131. The zero-order valence-electron chi connectivity index (χ0n) is 14.3. The van der Waals surface area contributed by atoms with Crippen LogP contribution >= 0.6 is 11.6 Å². The molecule has 0 N–H and O–H groups in total. The molecule has 0 bridgehead atoms. The Morgan fingerprint density at radius 2 is 1.92 bits per heavy atom. The second-order valence-electron chi connectivity index (χ2n) is 6.59. The average Bonchev–Trinajstić information content (AvgIpc) is 2.97. The molecule has 0 fully saturated rings. The van der Waals surface area contributed by atoms with Gasteiger partial charge in [-0.25, -0.2) is 9.97 Å². The molecule has 1 amide bonds. The molecule has 0 aliphatic carbocycles. The first-order chi connectivity index (χ1) is 11.4. The Morgan fingerprint density at radius 3 is 2.58 bits per heavy atom. The van der Waals surface area contributed by atoms with Crippen LogP contribution in [0.25, 0.3) is 0 Å². The Kier molecular flexibility index (Phi) is 4.54. The molecule has 0 radical (unpaired) electrons. The third-order valence-electron chi connectivity index (χ3n) is 4.07. The van der Waals surface area contributed by atoms with Crippen LogP contribution in [0.2, 0.25) is 5.02 Å². The predicted molar refractivity (Wildman–Crippen MR) is 90.0 cm³/mol. The number of hydrogen-bond acceptors (Lipinski definition) is 5. The lowest BCUT2D eigenvalue weighted by Gasteiger charge is -2.28. The van der Waals surface area contributed by atoms with Gasteiger partial charge in [0.15, 0.2) is 11.5 Å². The standard InChI is InChI=1S/C16H21ClN6O/c1-9(2)14-18-7-11(17)13(19-14)16(24)22-5-6-23-12(8-22)20-21-15(23)10(3)4/h7,9-10H,5-6,8H2,1-4H3. The van der Waals surface area contributed by atoms with Gasteiger partial charge in [0, 0.05) is 24.9 Å². The van der Waals surface area contributed by atoms with E-state index in [2.05, 4.69) is 38.6 Å². The summed E-state index contributed by atoms with van der Waals surface area (Å²) in [6, 6.07) is 0.